The summed E-state index contributed by atoms with van der Waals surface area (Å²) in [5, 5.41) is 0. The minimum Gasteiger partial charge on any atom is -0.452 e. The van der Waals surface area contributed by atoms with Crippen molar-refractivity contribution in [1.29, 1.82) is 0 Å². The molecule has 0 fully saturated rings. The van der Waals surface area contributed by atoms with Crippen LogP contribution in [0, 0.1) is 0 Å². The standard InChI is InChI=1S/C23H29NO4.ClH/c1-15(2)18-11-8-12-19(16(3)4)22(18)28-21(25)14-27-23(26)20(24)13-17-9-6-5-7-10-17;/h5-12,15-16,20H,13-14,24H2,1-4H3;1H/t20-;/m1./s1. The van der Waals surface area contributed by atoms with Gasteiger partial charge in [-0.25, -0.2) is 4.79 Å². The maximum absolute atomic E-state index is 12.3. The second kappa shape index (κ2) is 11.6. The number of carbonyl (C=O) groups excluding carboxylic acids is 2. The normalized spacial score (nSPS) is 11.7. The molecule has 0 unspecified atom stereocenters. The molecule has 2 N–H and O–H groups in total. The SMILES string of the molecule is CC(C)c1cccc(C(C)C)c1OC(=O)COC(=O)[C@H](N)Cc1ccccc1.Cl. The highest BCUT2D eigenvalue weighted by Crippen LogP contribution is 2.34. The smallest absolute Gasteiger partial charge is 0.349 e. The molecule has 0 aliphatic rings. The van der Waals surface area contributed by atoms with Gasteiger partial charge in [0.2, 0.25) is 0 Å². The molecular formula is C23H30ClNO4. The maximum atomic E-state index is 12.3. The Kier molecular flexibility index (Phi) is 9.86. The van der Waals surface area contributed by atoms with Crippen LogP contribution in [0.1, 0.15) is 56.2 Å². The highest BCUT2D eigenvalue weighted by molar-refractivity contribution is 5.85. The van der Waals surface area contributed by atoms with E-state index in [-0.39, 0.29) is 24.2 Å². The van der Waals surface area contributed by atoms with Crippen molar-refractivity contribution >= 4 is 24.3 Å². The lowest BCUT2D eigenvalue weighted by Gasteiger charge is -2.19. The molecule has 2 rings (SSSR count). The fourth-order valence-corrected chi connectivity index (χ4v) is 2.93. The lowest BCUT2D eigenvalue weighted by molar-refractivity contribution is -0.154. The second-order valence-electron chi connectivity index (χ2n) is 7.45. The molecule has 0 heterocycles. The van der Waals surface area contributed by atoms with E-state index in [0.29, 0.717) is 12.2 Å². The van der Waals surface area contributed by atoms with Gasteiger partial charge in [0.25, 0.3) is 0 Å². The number of esters is 2. The quantitative estimate of drug-likeness (QED) is 0.507. The Morgan fingerprint density at radius 2 is 1.45 bits per heavy atom. The van der Waals surface area contributed by atoms with Crippen LogP contribution in [0.3, 0.4) is 0 Å². The van der Waals surface area contributed by atoms with Crippen molar-refractivity contribution in [2.24, 2.45) is 5.73 Å². The predicted molar refractivity (Wildman–Crippen MR) is 117 cm³/mol. The van der Waals surface area contributed by atoms with Crippen molar-refractivity contribution in [1.82, 2.24) is 0 Å². The van der Waals surface area contributed by atoms with Crippen molar-refractivity contribution in [2.45, 2.75) is 52.0 Å². The number of carbonyl (C=O) groups is 2. The van der Waals surface area contributed by atoms with Gasteiger partial charge in [-0.3, -0.25) is 4.79 Å². The molecule has 0 aliphatic heterocycles. The van der Waals surface area contributed by atoms with Crippen LogP contribution in [0.5, 0.6) is 5.75 Å². The highest BCUT2D eigenvalue weighted by Gasteiger charge is 2.21. The highest BCUT2D eigenvalue weighted by atomic mass is 35.5. The summed E-state index contributed by atoms with van der Waals surface area (Å²) in [6, 6.07) is 14.4. The van der Waals surface area contributed by atoms with E-state index in [4.69, 9.17) is 15.2 Å². The molecule has 2 aromatic carbocycles. The van der Waals surface area contributed by atoms with Crippen LogP contribution < -0.4 is 10.5 Å². The minimum absolute atomic E-state index is 0. The zero-order valence-corrected chi connectivity index (χ0v) is 18.2. The second-order valence-corrected chi connectivity index (χ2v) is 7.45. The van der Waals surface area contributed by atoms with E-state index in [1.807, 2.05) is 76.2 Å². The van der Waals surface area contributed by atoms with Gasteiger partial charge in [0.05, 0.1) is 0 Å². The fourth-order valence-electron chi connectivity index (χ4n) is 2.93. The summed E-state index contributed by atoms with van der Waals surface area (Å²) < 4.78 is 10.7. The van der Waals surface area contributed by atoms with Crippen molar-refractivity contribution in [3.05, 3.63) is 65.2 Å². The van der Waals surface area contributed by atoms with Crippen molar-refractivity contribution in [3.8, 4) is 5.75 Å². The molecule has 6 heteroatoms. The van der Waals surface area contributed by atoms with Crippen LogP contribution in [0.2, 0.25) is 0 Å². The molecule has 0 aromatic heterocycles. The van der Waals surface area contributed by atoms with Crippen LogP contribution in [0.4, 0.5) is 0 Å². The molecule has 0 saturated heterocycles. The lowest BCUT2D eigenvalue weighted by atomic mass is 9.94. The van der Waals surface area contributed by atoms with Gasteiger partial charge >= 0.3 is 11.9 Å². The van der Waals surface area contributed by atoms with Crippen LogP contribution in [0.25, 0.3) is 0 Å². The van der Waals surface area contributed by atoms with Gasteiger partial charge in [-0.15, -0.1) is 12.4 Å². The summed E-state index contributed by atoms with van der Waals surface area (Å²) in [5.74, 6) is -0.286. The average Bonchev–Trinajstić information content (AvgIpc) is 2.66. The zero-order chi connectivity index (χ0) is 20.7. The Morgan fingerprint density at radius 1 is 0.897 bits per heavy atom. The van der Waals surface area contributed by atoms with Crippen molar-refractivity contribution in [3.63, 3.8) is 0 Å². The summed E-state index contributed by atoms with van der Waals surface area (Å²) in [7, 11) is 0. The number of hydrogen-bond donors (Lipinski definition) is 1. The van der Waals surface area contributed by atoms with Gasteiger partial charge in [-0.2, -0.15) is 0 Å². The number of nitrogens with two attached hydrogens (primary N) is 1. The van der Waals surface area contributed by atoms with Gasteiger partial charge in [0.15, 0.2) is 6.61 Å². The summed E-state index contributed by atoms with van der Waals surface area (Å²) in [4.78, 5) is 24.4. The zero-order valence-electron chi connectivity index (χ0n) is 17.4. The average molecular weight is 420 g/mol. The molecule has 2 aromatic rings. The van der Waals surface area contributed by atoms with Crippen LogP contribution in [-0.4, -0.2) is 24.6 Å². The van der Waals surface area contributed by atoms with Crippen molar-refractivity contribution in [2.75, 3.05) is 6.61 Å². The first kappa shape index (κ1) is 24.7. The van der Waals surface area contributed by atoms with Crippen LogP contribution in [-0.2, 0) is 20.7 Å². The van der Waals surface area contributed by atoms with Gasteiger partial charge in [-0.1, -0.05) is 76.2 Å². The summed E-state index contributed by atoms with van der Waals surface area (Å²) in [6.45, 7) is 7.70. The van der Waals surface area contributed by atoms with E-state index < -0.39 is 24.6 Å². The maximum Gasteiger partial charge on any atom is 0.349 e. The number of rotatable bonds is 8. The number of para-hydroxylation sites is 1. The first-order valence-electron chi connectivity index (χ1n) is 9.59. The largest absolute Gasteiger partial charge is 0.452 e. The van der Waals surface area contributed by atoms with Crippen molar-refractivity contribution < 1.29 is 19.1 Å². The number of hydrogen-bond acceptors (Lipinski definition) is 5. The minimum atomic E-state index is -0.829. The fraction of sp³-hybridized carbons (Fsp3) is 0.391. The van der Waals surface area contributed by atoms with Gasteiger partial charge in [-0.05, 0) is 34.9 Å². The first-order valence-corrected chi connectivity index (χ1v) is 9.59. The van der Waals surface area contributed by atoms with Gasteiger partial charge in [0.1, 0.15) is 11.8 Å². The topological polar surface area (TPSA) is 78.6 Å². The molecule has 29 heavy (non-hydrogen) atoms. The monoisotopic (exact) mass is 419 g/mol. The van der Waals surface area contributed by atoms with E-state index in [1.165, 1.54) is 0 Å². The first-order chi connectivity index (χ1) is 13.3. The Labute approximate surface area is 179 Å². The van der Waals surface area contributed by atoms with E-state index in [1.54, 1.807) is 0 Å². The number of ether oxygens (including phenoxy) is 2. The van der Waals surface area contributed by atoms with E-state index in [2.05, 4.69) is 0 Å². The Morgan fingerprint density at radius 3 is 1.97 bits per heavy atom. The Hall–Kier alpha value is -2.37. The van der Waals surface area contributed by atoms with Crippen LogP contribution in [0.15, 0.2) is 48.5 Å². The van der Waals surface area contributed by atoms with E-state index in [0.717, 1.165) is 16.7 Å². The molecule has 5 nitrogen and oxygen atoms in total. The number of benzene rings is 2. The molecule has 0 spiro atoms. The van der Waals surface area contributed by atoms with E-state index >= 15 is 0 Å². The molecule has 1 atom stereocenters. The number of halogens is 1. The van der Waals surface area contributed by atoms with Gasteiger partial charge in [0, 0.05) is 0 Å². The lowest BCUT2D eigenvalue weighted by Crippen LogP contribution is -2.36. The Bertz CT molecular complexity index is 780. The molecule has 0 aliphatic carbocycles. The molecule has 0 amide bonds. The predicted octanol–water partition coefficient (Wildman–Crippen LogP) is 4.37. The molecular weight excluding hydrogens is 390 g/mol. The third-order valence-corrected chi connectivity index (χ3v) is 4.47. The molecule has 0 saturated carbocycles. The molecule has 158 valence electrons. The molecule has 0 bridgehead atoms. The summed E-state index contributed by atoms with van der Waals surface area (Å²) >= 11 is 0. The summed E-state index contributed by atoms with van der Waals surface area (Å²) in [5.41, 5.74) is 8.72. The summed E-state index contributed by atoms with van der Waals surface area (Å²) in [6.07, 6.45) is 0.350. The molecule has 0 radical (unpaired) electrons. The third-order valence-electron chi connectivity index (χ3n) is 4.47. The van der Waals surface area contributed by atoms with Crippen LogP contribution >= 0.6 is 12.4 Å². The van der Waals surface area contributed by atoms with E-state index in [9.17, 15) is 9.59 Å². The third kappa shape index (κ3) is 7.18. The Balaban J connectivity index is 0.00000420. The van der Waals surface area contributed by atoms with Gasteiger partial charge < -0.3 is 15.2 Å².